The number of carbonyl (C=O) groups excluding carboxylic acids is 3. The van der Waals surface area contributed by atoms with Gasteiger partial charge in [0.15, 0.2) is 5.76 Å². The minimum absolute atomic E-state index is 0.114. The fraction of sp³-hybridized carbons (Fsp3) is 0.316. The summed E-state index contributed by atoms with van der Waals surface area (Å²) < 4.78 is 17.9. The number of furan rings is 1. The number of anilines is 1. The van der Waals surface area contributed by atoms with Gasteiger partial charge in [-0.3, -0.25) is 14.4 Å². The Kier molecular flexibility index (Phi) is 6.25. The van der Waals surface area contributed by atoms with Gasteiger partial charge in [-0.15, -0.1) is 0 Å². The molecular weight excluding hydrogens is 367 g/mol. The molecule has 0 spiro atoms. The van der Waals surface area contributed by atoms with Crippen molar-refractivity contribution in [1.29, 1.82) is 0 Å². The molecule has 1 saturated heterocycles. The summed E-state index contributed by atoms with van der Waals surface area (Å²) in [5.74, 6) is -1.32. The van der Waals surface area contributed by atoms with Crippen molar-refractivity contribution < 1.29 is 23.2 Å². The lowest BCUT2D eigenvalue weighted by atomic mass is 10.2. The summed E-state index contributed by atoms with van der Waals surface area (Å²) in [5, 5.41) is 4.91. The van der Waals surface area contributed by atoms with E-state index in [2.05, 4.69) is 15.5 Å². The molecule has 1 aromatic carbocycles. The van der Waals surface area contributed by atoms with E-state index in [0.29, 0.717) is 26.2 Å². The Morgan fingerprint density at radius 2 is 1.68 bits per heavy atom. The molecule has 1 aliphatic rings. The van der Waals surface area contributed by atoms with Gasteiger partial charge in [-0.1, -0.05) is 0 Å². The van der Waals surface area contributed by atoms with Crippen LogP contribution in [0.5, 0.6) is 0 Å². The minimum Gasteiger partial charge on any atom is -0.459 e. The van der Waals surface area contributed by atoms with Gasteiger partial charge in [0.25, 0.3) is 5.91 Å². The summed E-state index contributed by atoms with van der Waals surface area (Å²) in [7, 11) is 0. The third-order valence-electron chi connectivity index (χ3n) is 4.42. The van der Waals surface area contributed by atoms with Crippen LogP contribution >= 0.6 is 0 Å². The lowest BCUT2D eigenvalue weighted by molar-refractivity contribution is -0.132. The zero-order valence-electron chi connectivity index (χ0n) is 15.2. The van der Waals surface area contributed by atoms with Crippen LogP contribution in [0, 0.1) is 5.82 Å². The molecule has 28 heavy (non-hydrogen) atoms. The topological polar surface area (TPSA) is 94.9 Å². The van der Waals surface area contributed by atoms with Gasteiger partial charge < -0.3 is 24.9 Å². The lowest BCUT2D eigenvalue weighted by Gasteiger charge is -2.36. The van der Waals surface area contributed by atoms with Gasteiger partial charge in [0.1, 0.15) is 5.82 Å². The predicted octanol–water partition coefficient (Wildman–Crippen LogP) is 0.613. The van der Waals surface area contributed by atoms with E-state index in [1.807, 2.05) is 0 Å². The zero-order chi connectivity index (χ0) is 19.9. The SMILES string of the molecule is O=C(CNC(=O)c1ccco1)NCC(=O)N1CCN(c2ccc(F)cc2)CC1. The third kappa shape index (κ3) is 5.09. The summed E-state index contributed by atoms with van der Waals surface area (Å²) in [6.45, 7) is 1.91. The van der Waals surface area contributed by atoms with E-state index in [1.54, 1.807) is 23.1 Å². The van der Waals surface area contributed by atoms with Crippen molar-refractivity contribution in [2.24, 2.45) is 0 Å². The molecule has 1 aromatic heterocycles. The summed E-state index contributed by atoms with van der Waals surface area (Å²) in [5.41, 5.74) is 0.911. The quantitative estimate of drug-likeness (QED) is 0.756. The molecule has 0 bridgehead atoms. The van der Waals surface area contributed by atoms with Crippen molar-refractivity contribution in [2.45, 2.75) is 0 Å². The van der Waals surface area contributed by atoms with Crippen LogP contribution in [0.1, 0.15) is 10.6 Å². The Hall–Kier alpha value is -3.36. The first-order valence-electron chi connectivity index (χ1n) is 8.89. The van der Waals surface area contributed by atoms with Crippen molar-refractivity contribution in [3.8, 4) is 0 Å². The average molecular weight is 388 g/mol. The first kappa shape index (κ1) is 19.4. The minimum atomic E-state index is -0.497. The first-order valence-corrected chi connectivity index (χ1v) is 8.89. The van der Waals surface area contributed by atoms with Gasteiger partial charge in [0.05, 0.1) is 19.4 Å². The van der Waals surface area contributed by atoms with Crippen molar-refractivity contribution in [1.82, 2.24) is 15.5 Å². The first-order chi connectivity index (χ1) is 13.5. The highest BCUT2D eigenvalue weighted by Gasteiger charge is 2.21. The smallest absolute Gasteiger partial charge is 0.287 e. The van der Waals surface area contributed by atoms with Gasteiger partial charge in [0, 0.05) is 31.9 Å². The molecule has 0 atom stereocenters. The Balaban J connectivity index is 1.36. The van der Waals surface area contributed by atoms with E-state index in [9.17, 15) is 18.8 Å². The number of carbonyl (C=O) groups is 3. The molecule has 2 N–H and O–H groups in total. The Labute approximate surface area is 161 Å². The standard InChI is InChI=1S/C19H21FN4O4/c20-14-3-5-15(6-4-14)23-7-9-24(10-8-23)18(26)13-21-17(25)12-22-19(27)16-2-1-11-28-16/h1-6,11H,7-10,12-13H2,(H,21,25)(H,22,27). The van der Waals surface area contributed by atoms with E-state index in [1.165, 1.54) is 24.5 Å². The van der Waals surface area contributed by atoms with Crippen LogP contribution in [0.25, 0.3) is 0 Å². The van der Waals surface area contributed by atoms with Gasteiger partial charge in [-0.25, -0.2) is 4.39 Å². The van der Waals surface area contributed by atoms with Crippen LogP contribution in [-0.4, -0.2) is 61.9 Å². The van der Waals surface area contributed by atoms with Crippen molar-refractivity contribution in [3.63, 3.8) is 0 Å². The van der Waals surface area contributed by atoms with E-state index in [4.69, 9.17) is 4.42 Å². The molecule has 148 valence electrons. The number of piperazine rings is 1. The summed E-state index contributed by atoms with van der Waals surface area (Å²) in [6, 6.07) is 9.31. The highest BCUT2D eigenvalue weighted by molar-refractivity contribution is 5.94. The van der Waals surface area contributed by atoms with E-state index >= 15 is 0 Å². The fourth-order valence-corrected chi connectivity index (χ4v) is 2.87. The molecule has 0 aliphatic carbocycles. The molecular formula is C19H21FN4O4. The lowest BCUT2D eigenvalue weighted by Crippen LogP contribution is -2.51. The third-order valence-corrected chi connectivity index (χ3v) is 4.42. The van der Waals surface area contributed by atoms with Crippen molar-refractivity contribution in [3.05, 3.63) is 54.2 Å². The number of hydrogen-bond donors (Lipinski definition) is 2. The van der Waals surface area contributed by atoms with Crippen LogP contribution in [0.3, 0.4) is 0 Å². The molecule has 2 heterocycles. The number of nitrogens with zero attached hydrogens (tertiary/aromatic N) is 2. The van der Waals surface area contributed by atoms with Crippen LogP contribution in [0.4, 0.5) is 10.1 Å². The summed E-state index contributed by atoms with van der Waals surface area (Å²) in [4.78, 5) is 39.5. The molecule has 1 fully saturated rings. The molecule has 0 saturated carbocycles. The zero-order valence-corrected chi connectivity index (χ0v) is 15.2. The van der Waals surface area contributed by atoms with Crippen LogP contribution in [0.15, 0.2) is 47.1 Å². The molecule has 0 radical (unpaired) electrons. The highest BCUT2D eigenvalue weighted by Crippen LogP contribution is 2.16. The largest absolute Gasteiger partial charge is 0.459 e. The maximum Gasteiger partial charge on any atom is 0.287 e. The normalized spacial score (nSPS) is 13.9. The molecule has 8 nitrogen and oxygen atoms in total. The van der Waals surface area contributed by atoms with Crippen LogP contribution < -0.4 is 15.5 Å². The highest BCUT2D eigenvalue weighted by atomic mass is 19.1. The number of hydrogen-bond acceptors (Lipinski definition) is 5. The monoisotopic (exact) mass is 388 g/mol. The number of amides is 3. The van der Waals surface area contributed by atoms with E-state index in [0.717, 1.165) is 5.69 Å². The Morgan fingerprint density at radius 3 is 2.32 bits per heavy atom. The molecule has 2 aromatic rings. The Bertz CT molecular complexity index is 815. The molecule has 3 amide bonds. The second kappa shape index (κ2) is 9.03. The van der Waals surface area contributed by atoms with Crippen LogP contribution in [0.2, 0.25) is 0 Å². The summed E-state index contributed by atoms with van der Waals surface area (Å²) >= 11 is 0. The van der Waals surface area contributed by atoms with Gasteiger partial charge in [-0.2, -0.15) is 0 Å². The molecule has 3 rings (SSSR count). The number of rotatable bonds is 6. The van der Waals surface area contributed by atoms with E-state index in [-0.39, 0.29) is 30.6 Å². The second-order valence-electron chi connectivity index (χ2n) is 6.28. The van der Waals surface area contributed by atoms with E-state index < -0.39 is 11.8 Å². The Morgan fingerprint density at radius 1 is 0.964 bits per heavy atom. The second-order valence-corrected chi connectivity index (χ2v) is 6.28. The number of benzene rings is 1. The molecule has 9 heteroatoms. The van der Waals surface area contributed by atoms with Crippen molar-refractivity contribution in [2.75, 3.05) is 44.2 Å². The predicted molar refractivity (Wildman–Crippen MR) is 99.2 cm³/mol. The number of nitrogens with one attached hydrogen (secondary N) is 2. The average Bonchev–Trinajstić information content (AvgIpc) is 3.26. The number of halogens is 1. The molecule has 1 aliphatic heterocycles. The fourth-order valence-electron chi connectivity index (χ4n) is 2.87. The van der Waals surface area contributed by atoms with Gasteiger partial charge in [0.2, 0.25) is 11.8 Å². The summed E-state index contributed by atoms with van der Waals surface area (Å²) in [6.07, 6.45) is 1.36. The maximum absolute atomic E-state index is 13.0. The van der Waals surface area contributed by atoms with Crippen LogP contribution in [-0.2, 0) is 9.59 Å². The molecule has 0 unspecified atom stereocenters. The van der Waals surface area contributed by atoms with Crippen molar-refractivity contribution >= 4 is 23.4 Å². The van der Waals surface area contributed by atoms with Gasteiger partial charge >= 0.3 is 0 Å². The van der Waals surface area contributed by atoms with Gasteiger partial charge in [-0.05, 0) is 36.4 Å². The maximum atomic E-state index is 13.0.